The number of hydrogen-bond acceptors (Lipinski definition) is 4. The number of aliphatic carboxylic acids is 1. The van der Waals surface area contributed by atoms with Crippen LogP contribution in [0.15, 0.2) is 0 Å². The molecule has 92 valence electrons. The fraction of sp³-hybridized carbons (Fsp3) is 0.667. The maximum Gasteiger partial charge on any atom is 0.407 e. The average molecular weight is 233 g/mol. The molecule has 0 aliphatic heterocycles. The molecule has 0 saturated carbocycles. The third kappa shape index (κ3) is 3.76. The van der Waals surface area contributed by atoms with Crippen LogP contribution in [0.1, 0.15) is 20.3 Å². The van der Waals surface area contributed by atoms with E-state index in [0.717, 1.165) is 4.90 Å². The van der Waals surface area contributed by atoms with E-state index in [1.54, 1.807) is 6.92 Å². The predicted octanol–water partition coefficient (Wildman–Crippen LogP) is 0.391. The van der Waals surface area contributed by atoms with Gasteiger partial charge in [-0.15, -0.1) is 0 Å². The monoisotopic (exact) mass is 233 g/mol. The predicted molar refractivity (Wildman–Crippen MR) is 53.1 cm³/mol. The summed E-state index contributed by atoms with van der Waals surface area (Å²) in [6.45, 7) is 2.81. The SMILES string of the molecule is CCC(C(=O)OC(C)C(=O)O)N(C)C(=O)O. The maximum atomic E-state index is 11.4. The molecule has 0 aliphatic carbocycles. The topological polar surface area (TPSA) is 104 Å². The minimum atomic E-state index is -1.29. The standard InChI is InChI=1S/C9H15NO6/c1-4-6(10(3)9(14)15)8(13)16-5(2)7(11)12/h5-6H,4H2,1-3H3,(H,11,12)(H,14,15). The van der Waals surface area contributed by atoms with Gasteiger partial charge < -0.3 is 14.9 Å². The number of likely N-dealkylation sites (N-methyl/N-ethyl adjacent to an activating group) is 1. The highest BCUT2D eigenvalue weighted by atomic mass is 16.6. The molecule has 0 saturated heterocycles. The van der Waals surface area contributed by atoms with Crippen molar-refractivity contribution in [3.63, 3.8) is 0 Å². The molecule has 0 spiro atoms. The zero-order valence-electron chi connectivity index (χ0n) is 9.34. The van der Waals surface area contributed by atoms with Crippen molar-refractivity contribution in [1.82, 2.24) is 4.90 Å². The third-order valence-electron chi connectivity index (χ3n) is 2.07. The smallest absolute Gasteiger partial charge is 0.407 e. The number of esters is 1. The quantitative estimate of drug-likeness (QED) is 0.665. The number of carboxylic acids is 1. The first-order valence-corrected chi connectivity index (χ1v) is 4.70. The zero-order chi connectivity index (χ0) is 12.9. The first kappa shape index (κ1) is 14.2. The van der Waals surface area contributed by atoms with Gasteiger partial charge in [-0.3, -0.25) is 4.90 Å². The normalized spacial score (nSPS) is 13.7. The van der Waals surface area contributed by atoms with E-state index >= 15 is 0 Å². The summed E-state index contributed by atoms with van der Waals surface area (Å²) in [5, 5.41) is 17.2. The minimum Gasteiger partial charge on any atom is -0.479 e. The van der Waals surface area contributed by atoms with Gasteiger partial charge in [0.05, 0.1) is 0 Å². The van der Waals surface area contributed by atoms with Gasteiger partial charge in [-0.05, 0) is 13.3 Å². The molecule has 0 fully saturated rings. The van der Waals surface area contributed by atoms with Crippen molar-refractivity contribution in [1.29, 1.82) is 0 Å². The Kier molecular flexibility index (Phi) is 5.27. The van der Waals surface area contributed by atoms with E-state index in [2.05, 4.69) is 4.74 Å². The molecule has 0 rings (SSSR count). The van der Waals surface area contributed by atoms with Crippen molar-refractivity contribution in [2.24, 2.45) is 0 Å². The van der Waals surface area contributed by atoms with E-state index in [1.807, 2.05) is 0 Å². The van der Waals surface area contributed by atoms with Crippen LogP contribution in [-0.2, 0) is 14.3 Å². The second-order valence-electron chi connectivity index (χ2n) is 3.23. The zero-order valence-corrected chi connectivity index (χ0v) is 9.34. The highest BCUT2D eigenvalue weighted by molar-refractivity contribution is 5.83. The summed E-state index contributed by atoms with van der Waals surface area (Å²) in [6, 6.07) is -0.987. The van der Waals surface area contributed by atoms with Gasteiger partial charge in [-0.2, -0.15) is 0 Å². The van der Waals surface area contributed by atoms with E-state index in [1.165, 1.54) is 14.0 Å². The van der Waals surface area contributed by atoms with Crippen molar-refractivity contribution < 1.29 is 29.3 Å². The molecule has 0 heterocycles. The van der Waals surface area contributed by atoms with Crippen LogP contribution in [0.2, 0.25) is 0 Å². The van der Waals surface area contributed by atoms with Crippen molar-refractivity contribution >= 4 is 18.0 Å². The van der Waals surface area contributed by atoms with E-state index in [9.17, 15) is 14.4 Å². The van der Waals surface area contributed by atoms with Crippen molar-refractivity contribution in [3.05, 3.63) is 0 Å². The number of carbonyl (C=O) groups is 3. The number of hydrogen-bond donors (Lipinski definition) is 2. The molecule has 2 atom stereocenters. The third-order valence-corrected chi connectivity index (χ3v) is 2.07. The molecule has 0 radical (unpaired) electrons. The summed E-state index contributed by atoms with van der Waals surface area (Å²) in [6.07, 6.45) is -2.34. The number of amides is 1. The number of carbonyl (C=O) groups excluding carboxylic acids is 1. The lowest BCUT2D eigenvalue weighted by atomic mass is 10.2. The Labute approximate surface area is 92.6 Å². The van der Waals surface area contributed by atoms with Gasteiger partial charge in [-0.25, -0.2) is 14.4 Å². The first-order valence-electron chi connectivity index (χ1n) is 4.70. The summed E-state index contributed by atoms with van der Waals surface area (Å²) in [4.78, 5) is 33.3. The van der Waals surface area contributed by atoms with E-state index in [4.69, 9.17) is 10.2 Å². The van der Waals surface area contributed by atoms with E-state index < -0.39 is 30.2 Å². The lowest BCUT2D eigenvalue weighted by molar-refractivity contribution is -0.165. The Morgan fingerprint density at radius 1 is 1.31 bits per heavy atom. The highest BCUT2D eigenvalue weighted by Crippen LogP contribution is 2.06. The highest BCUT2D eigenvalue weighted by Gasteiger charge is 2.29. The molecule has 7 heteroatoms. The minimum absolute atomic E-state index is 0.216. The second kappa shape index (κ2) is 5.94. The molecule has 0 aliphatic rings. The Bertz CT molecular complexity index is 290. The van der Waals surface area contributed by atoms with E-state index in [-0.39, 0.29) is 6.42 Å². The fourth-order valence-electron chi connectivity index (χ4n) is 1.04. The molecular weight excluding hydrogens is 218 g/mol. The largest absolute Gasteiger partial charge is 0.479 e. The molecule has 2 unspecified atom stereocenters. The Morgan fingerprint density at radius 2 is 1.81 bits per heavy atom. The van der Waals surface area contributed by atoms with Crippen LogP contribution in [-0.4, -0.2) is 52.3 Å². The van der Waals surface area contributed by atoms with Gasteiger partial charge in [0.2, 0.25) is 0 Å². The van der Waals surface area contributed by atoms with Crippen LogP contribution in [0.5, 0.6) is 0 Å². The molecule has 0 aromatic carbocycles. The first-order chi connectivity index (χ1) is 7.31. The van der Waals surface area contributed by atoms with Crippen molar-refractivity contribution in [2.45, 2.75) is 32.4 Å². The number of nitrogens with zero attached hydrogens (tertiary/aromatic N) is 1. The van der Waals surface area contributed by atoms with Crippen LogP contribution in [0.3, 0.4) is 0 Å². The van der Waals surface area contributed by atoms with Gasteiger partial charge in [0.1, 0.15) is 6.04 Å². The lowest BCUT2D eigenvalue weighted by Gasteiger charge is -2.23. The van der Waals surface area contributed by atoms with Crippen molar-refractivity contribution in [3.8, 4) is 0 Å². The number of ether oxygens (including phenoxy) is 1. The Morgan fingerprint density at radius 3 is 2.12 bits per heavy atom. The van der Waals surface area contributed by atoms with Gasteiger partial charge in [0.15, 0.2) is 6.10 Å². The van der Waals surface area contributed by atoms with Crippen LogP contribution < -0.4 is 0 Å². The second-order valence-corrected chi connectivity index (χ2v) is 3.23. The van der Waals surface area contributed by atoms with Gasteiger partial charge in [0.25, 0.3) is 0 Å². The number of carboxylic acid groups (broad SMARTS) is 2. The van der Waals surface area contributed by atoms with Crippen molar-refractivity contribution in [2.75, 3.05) is 7.05 Å². The molecule has 16 heavy (non-hydrogen) atoms. The summed E-state index contributed by atoms with van der Waals surface area (Å²) < 4.78 is 4.59. The molecule has 0 bridgehead atoms. The van der Waals surface area contributed by atoms with Crippen LogP contribution in [0, 0.1) is 0 Å². The summed E-state index contributed by atoms with van der Waals surface area (Å²) in [5.41, 5.74) is 0. The average Bonchev–Trinajstić information content (AvgIpc) is 2.18. The molecule has 0 aromatic rings. The maximum absolute atomic E-state index is 11.4. The van der Waals surface area contributed by atoms with Crippen LogP contribution in [0.25, 0.3) is 0 Å². The molecule has 0 aromatic heterocycles. The fourth-order valence-corrected chi connectivity index (χ4v) is 1.04. The molecule has 1 amide bonds. The summed E-state index contributed by atoms with van der Waals surface area (Å²) in [7, 11) is 1.23. The summed E-state index contributed by atoms with van der Waals surface area (Å²) in [5.74, 6) is -2.14. The van der Waals surface area contributed by atoms with Gasteiger partial charge in [0, 0.05) is 7.05 Å². The Hall–Kier alpha value is -1.79. The molecule has 2 N–H and O–H groups in total. The van der Waals surface area contributed by atoms with Crippen LogP contribution >= 0.6 is 0 Å². The summed E-state index contributed by atoms with van der Waals surface area (Å²) >= 11 is 0. The van der Waals surface area contributed by atoms with Gasteiger partial charge in [-0.1, -0.05) is 6.92 Å². The molecular formula is C9H15NO6. The molecule has 7 nitrogen and oxygen atoms in total. The van der Waals surface area contributed by atoms with Gasteiger partial charge >= 0.3 is 18.0 Å². The van der Waals surface area contributed by atoms with Crippen LogP contribution in [0.4, 0.5) is 4.79 Å². The Balaban J connectivity index is 4.54. The van der Waals surface area contributed by atoms with E-state index in [0.29, 0.717) is 0 Å². The number of rotatable bonds is 5. The lowest BCUT2D eigenvalue weighted by Crippen LogP contribution is -2.43.